The van der Waals surface area contributed by atoms with Crippen molar-refractivity contribution in [1.29, 1.82) is 0 Å². The molecule has 0 heterocycles. The van der Waals surface area contributed by atoms with Crippen LogP contribution < -0.4 is 4.74 Å². The minimum absolute atomic E-state index is 0.225. The molecule has 0 radical (unpaired) electrons. The van der Waals surface area contributed by atoms with Gasteiger partial charge in [-0.1, -0.05) is 39.8 Å². The minimum Gasteiger partial charge on any atom is -0.490 e. The van der Waals surface area contributed by atoms with E-state index in [1.807, 2.05) is 24.3 Å². The van der Waals surface area contributed by atoms with E-state index in [1.165, 1.54) is 0 Å². The van der Waals surface area contributed by atoms with Gasteiger partial charge in [-0.05, 0) is 48.3 Å². The first-order valence-corrected chi connectivity index (χ1v) is 7.31. The third-order valence-corrected chi connectivity index (χ3v) is 4.13. The molecule has 1 aliphatic rings. The molecule has 1 saturated carbocycles. The van der Waals surface area contributed by atoms with E-state index in [9.17, 15) is 5.11 Å². The van der Waals surface area contributed by atoms with Crippen LogP contribution in [0.3, 0.4) is 0 Å². The van der Waals surface area contributed by atoms with Crippen molar-refractivity contribution < 1.29 is 9.84 Å². The van der Waals surface area contributed by atoms with Crippen LogP contribution in [0.2, 0.25) is 0 Å². The SMILES string of the molecule is CC(CC(O)c1cccc(OC2CC2)c1)C(C)(C)C. The lowest BCUT2D eigenvalue weighted by Crippen LogP contribution is -2.19. The summed E-state index contributed by atoms with van der Waals surface area (Å²) in [5.41, 5.74) is 1.19. The summed E-state index contributed by atoms with van der Waals surface area (Å²) >= 11 is 0. The number of aliphatic hydroxyl groups excluding tert-OH is 1. The van der Waals surface area contributed by atoms with E-state index in [0.29, 0.717) is 12.0 Å². The average molecular weight is 262 g/mol. The molecule has 0 aliphatic heterocycles. The van der Waals surface area contributed by atoms with Gasteiger partial charge >= 0.3 is 0 Å². The van der Waals surface area contributed by atoms with Crippen molar-refractivity contribution in [3.8, 4) is 5.75 Å². The lowest BCUT2D eigenvalue weighted by Gasteiger charge is -2.29. The molecule has 0 amide bonds. The Bertz CT molecular complexity index is 416. The monoisotopic (exact) mass is 262 g/mol. The maximum absolute atomic E-state index is 10.4. The van der Waals surface area contributed by atoms with Gasteiger partial charge in [0, 0.05) is 0 Å². The van der Waals surface area contributed by atoms with Crippen molar-refractivity contribution in [2.45, 2.75) is 59.2 Å². The number of hydrogen-bond donors (Lipinski definition) is 1. The number of ether oxygens (including phenoxy) is 1. The maximum Gasteiger partial charge on any atom is 0.120 e. The highest BCUT2D eigenvalue weighted by atomic mass is 16.5. The average Bonchev–Trinajstić information content (AvgIpc) is 3.12. The van der Waals surface area contributed by atoms with E-state index in [4.69, 9.17) is 4.74 Å². The second-order valence-electron chi connectivity index (χ2n) is 6.91. The van der Waals surface area contributed by atoms with Crippen molar-refractivity contribution in [3.63, 3.8) is 0 Å². The van der Waals surface area contributed by atoms with Gasteiger partial charge in [0.05, 0.1) is 12.2 Å². The molecule has 0 aromatic heterocycles. The molecular weight excluding hydrogens is 236 g/mol. The van der Waals surface area contributed by atoms with Crippen molar-refractivity contribution in [1.82, 2.24) is 0 Å². The van der Waals surface area contributed by atoms with Crippen molar-refractivity contribution in [2.75, 3.05) is 0 Å². The van der Waals surface area contributed by atoms with E-state index in [2.05, 4.69) is 27.7 Å². The molecule has 1 aromatic carbocycles. The van der Waals surface area contributed by atoms with E-state index in [-0.39, 0.29) is 5.41 Å². The minimum atomic E-state index is -0.406. The summed E-state index contributed by atoms with van der Waals surface area (Å²) in [4.78, 5) is 0. The Kier molecular flexibility index (Phi) is 4.19. The van der Waals surface area contributed by atoms with Crippen LogP contribution >= 0.6 is 0 Å². The Morgan fingerprint density at radius 3 is 2.58 bits per heavy atom. The Hall–Kier alpha value is -1.02. The van der Waals surface area contributed by atoms with Gasteiger partial charge in [-0.25, -0.2) is 0 Å². The first-order chi connectivity index (χ1) is 8.86. The summed E-state index contributed by atoms with van der Waals surface area (Å²) in [6, 6.07) is 7.91. The maximum atomic E-state index is 10.4. The van der Waals surface area contributed by atoms with Crippen LogP contribution in [0.15, 0.2) is 24.3 Å². The lowest BCUT2D eigenvalue weighted by molar-refractivity contribution is 0.110. The largest absolute Gasteiger partial charge is 0.490 e. The normalized spacial score (nSPS) is 19.0. The summed E-state index contributed by atoms with van der Waals surface area (Å²) < 4.78 is 5.78. The number of benzene rings is 1. The predicted octanol–water partition coefficient (Wildman–Crippen LogP) is 4.33. The number of rotatable bonds is 5. The first-order valence-electron chi connectivity index (χ1n) is 7.31. The molecule has 106 valence electrons. The van der Waals surface area contributed by atoms with E-state index in [1.54, 1.807) is 0 Å². The van der Waals surface area contributed by atoms with Crippen LogP contribution in [-0.4, -0.2) is 11.2 Å². The van der Waals surface area contributed by atoms with E-state index in [0.717, 1.165) is 30.6 Å². The number of aliphatic hydroxyl groups is 1. The van der Waals surface area contributed by atoms with Crippen molar-refractivity contribution in [3.05, 3.63) is 29.8 Å². The predicted molar refractivity (Wildman–Crippen MR) is 78.3 cm³/mol. The molecule has 0 bridgehead atoms. The highest BCUT2D eigenvalue weighted by molar-refractivity contribution is 5.30. The number of hydrogen-bond acceptors (Lipinski definition) is 2. The molecule has 2 heteroatoms. The summed E-state index contributed by atoms with van der Waals surface area (Å²) in [5, 5.41) is 10.4. The van der Waals surface area contributed by atoms with Crippen molar-refractivity contribution in [2.24, 2.45) is 11.3 Å². The molecule has 1 aromatic rings. The quantitative estimate of drug-likeness (QED) is 0.855. The molecule has 19 heavy (non-hydrogen) atoms. The Morgan fingerprint density at radius 2 is 2.00 bits per heavy atom. The second kappa shape index (κ2) is 5.54. The van der Waals surface area contributed by atoms with Gasteiger partial charge in [0.25, 0.3) is 0 Å². The zero-order valence-corrected chi connectivity index (χ0v) is 12.5. The van der Waals surface area contributed by atoms with Gasteiger partial charge in [0.15, 0.2) is 0 Å². The molecule has 2 atom stereocenters. The summed E-state index contributed by atoms with van der Waals surface area (Å²) in [7, 11) is 0. The molecule has 1 aliphatic carbocycles. The summed E-state index contributed by atoms with van der Waals surface area (Å²) in [5.74, 6) is 1.36. The second-order valence-corrected chi connectivity index (χ2v) is 6.91. The summed E-state index contributed by atoms with van der Waals surface area (Å²) in [6.45, 7) is 8.86. The van der Waals surface area contributed by atoms with Gasteiger partial charge in [-0.2, -0.15) is 0 Å². The first kappa shape index (κ1) is 14.4. The van der Waals surface area contributed by atoms with Crippen molar-refractivity contribution >= 4 is 0 Å². The molecular formula is C17H26O2. The van der Waals surface area contributed by atoms with Gasteiger partial charge in [0.2, 0.25) is 0 Å². The zero-order valence-electron chi connectivity index (χ0n) is 12.5. The highest BCUT2D eigenvalue weighted by Gasteiger charge is 2.25. The molecule has 0 spiro atoms. The molecule has 2 rings (SSSR count). The van der Waals surface area contributed by atoms with E-state index >= 15 is 0 Å². The fraction of sp³-hybridized carbons (Fsp3) is 0.647. The smallest absolute Gasteiger partial charge is 0.120 e. The van der Waals surface area contributed by atoms with Gasteiger partial charge in [-0.3, -0.25) is 0 Å². The zero-order chi connectivity index (χ0) is 14.0. The topological polar surface area (TPSA) is 29.5 Å². The summed E-state index contributed by atoms with van der Waals surface area (Å²) in [6.07, 6.45) is 3.11. The highest BCUT2D eigenvalue weighted by Crippen LogP contribution is 2.34. The fourth-order valence-corrected chi connectivity index (χ4v) is 2.00. The molecule has 0 saturated heterocycles. The van der Waals surface area contributed by atoms with E-state index < -0.39 is 6.10 Å². The third kappa shape index (κ3) is 4.24. The van der Waals surface area contributed by atoms with Gasteiger partial charge in [0.1, 0.15) is 5.75 Å². The van der Waals surface area contributed by atoms with Crippen LogP contribution in [0.1, 0.15) is 58.6 Å². The standard InChI is InChI=1S/C17H26O2/c1-12(17(2,3)4)10-16(18)13-6-5-7-15(11-13)19-14-8-9-14/h5-7,11-12,14,16,18H,8-10H2,1-4H3. The molecule has 1 fully saturated rings. The molecule has 2 unspecified atom stereocenters. The fourth-order valence-electron chi connectivity index (χ4n) is 2.00. The van der Waals surface area contributed by atoms with Crippen LogP contribution in [0.5, 0.6) is 5.75 Å². The Balaban J connectivity index is 1.99. The van der Waals surface area contributed by atoms with Crippen LogP contribution in [0.25, 0.3) is 0 Å². The Labute approximate surface area is 116 Å². The van der Waals surface area contributed by atoms with Gasteiger partial charge < -0.3 is 9.84 Å². The molecule has 2 nitrogen and oxygen atoms in total. The van der Waals surface area contributed by atoms with Crippen LogP contribution in [0.4, 0.5) is 0 Å². The lowest BCUT2D eigenvalue weighted by atomic mass is 9.78. The van der Waals surface area contributed by atoms with Crippen LogP contribution in [-0.2, 0) is 0 Å². The van der Waals surface area contributed by atoms with Gasteiger partial charge in [-0.15, -0.1) is 0 Å². The Morgan fingerprint density at radius 1 is 1.32 bits per heavy atom. The third-order valence-electron chi connectivity index (χ3n) is 4.13. The molecule has 1 N–H and O–H groups in total. The van der Waals surface area contributed by atoms with Crippen LogP contribution in [0, 0.1) is 11.3 Å².